The molecule has 0 fully saturated rings. The van der Waals surface area contributed by atoms with Gasteiger partial charge in [-0.2, -0.15) is 0 Å². The fourth-order valence-corrected chi connectivity index (χ4v) is 2.02. The Balaban J connectivity index is 1.99. The number of carbonyl (C=O) groups is 1. The lowest BCUT2D eigenvalue weighted by Crippen LogP contribution is -2.00. The maximum Gasteiger partial charge on any atom is 0.163 e. The van der Waals surface area contributed by atoms with Gasteiger partial charge in [0, 0.05) is 17.0 Å². The zero-order valence-corrected chi connectivity index (χ0v) is 11.1. The molecule has 0 radical (unpaired) electrons. The molecule has 92 valence electrons. The summed E-state index contributed by atoms with van der Waals surface area (Å²) in [4.78, 5) is 11.9. The third kappa shape index (κ3) is 3.21. The molecular weight excluding hydrogens is 244 g/mol. The minimum absolute atomic E-state index is 0.173. The Morgan fingerprint density at radius 3 is 2.50 bits per heavy atom. The van der Waals surface area contributed by atoms with Crippen LogP contribution in [-0.4, -0.2) is 5.78 Å². The highest BCUT2D eigenvalue weighted by Crippen LogP contribution is 2.18. The summed E-state index contributed by atoms with van der Waals surface area (Å²) >= 11 is 6.06. The van der Waals surface area contributed by atoms with E-state index >= 15 is 0 Å². The van der Waals surface area contributed by atoms with Crippen LogP contribution in [-0.2, 0) is 6.42 Å². The SMILES string of the molecule is Cc1ccc(CCC(=O)c2ccccc2)cc1Cl. The first-order chi connectivity index (χ1) is 8.66. The van der Waals surface area contributed by atoms with E-state index in [0.717, 1.165) is 28.1 Å². The zero-order valence-electron chi connectivity index (χ0n) is 10.3. The largest absolute Gasteiger partial charge is 0.294 e. The van der Waals surface area contributed by atoms with Gasteiger partial charge in [0.1, 0.15) is 0 Å². The quantitative estimate of drug-likeness (QED) is 0.740. The number of hydrogen-bond donors (Lipinski definition) is 0. The molecule has 1 nitrogen and oxygen atoms in total. The monoisotopic (exact) mass is 258 g/mol. The molecule has 0 N–H and O–H groups in total. The summed E-state index contributed by atoms with van der Waals surface area (Å²) in [6.07, 6.45) is 1.25. The second-order valence-corrected chi connectivity index (χ2v) is 4.78. The highest BCUT2D eigenvalue weighted by Gasteiger charge is 2.06. The van der Waals surface area contributed by atoms with Crippen LogP contribution in [0.25, 0.3) is 0 Å². The maximum atomic E-state index is 11.9. The minimum Gasteiger partial charge on any atom is -0.294 e. The van der Waals surface area contributed by atoms with E-state index in [1.807, 2.05) is 55.5 Å². The number of aryl methyl sites for hydroxylation is 2. The molecular formula is C16H15ClO. The van der Waals surface area contributed by atoms with E-state index in [-0.39, 0.29) is 5.78 Å². The predicted octanol–water partition coefficient (Wildman–Crippen LogP) is 4.46. The van der Waals surface area contributed by atoms with Crippen molar-refractivity contribution >= 4 is 17.4 Å². The highest BCUT2D eigenvalue weighted by molar-refractivity contribution is 6.31. The lowest BCUT2D eigenvalue weighted by atomic mass is 10.0. The molecule has 0 bridgehead atoms. The van der Waals surface area contributed by atoms with Crippen molar-refractivity contribution in [1.82, 2.24) is 0 Å². The Morgan fingerprint density at radius 2 is 1.83 bits per heavy atom. The van der Waals surface area contributed by atoms with Crippen molar-refractivity contribution in [3.05, 3.63) is 70.2 Å². The molecule has 2 rings (SSSR count). The van der Waals surface area contributed by atoms with Crippen LogP contribution in [0.5, 0.6) is 0 Å². The van der Waals surface area contributed by atoms with Crippen LogP contribution in [0, 0.1) is 6.92 Å². The predicted molar refractivity (Wildman–Crippen MR) is 75.3 cm³/mol. The Morgan fingerprint density at radius 1 is 1.11 bits per heavy atom. The van der Waals surface area contributed by atoms with Crippen molar-refractivity contribution < 1.29 is 4.79 Å². The molecule has 0 aliphatic rings. The first kappa shape index (κ1) is 12.8. The van der Waals surface area contributed by atoms with Crippen LogP contribution in [0.3, 0.4) is 0 Å². The third-order valence-electron chi connectivity index (χ3n) is 2.97. The second kappa shape index (κ2) is 5.83. The van der Waals surface area contributed by atoms with E-state index < -0.39 is 0 Å². The lowest BCUT2D eigenvalue weighted by molar-refractivity contribution is 0.0983. The van der Waals surface area contributed by atoms with Crippen molar-refractivity contribution in [3.63, 3.8) is 0 Å². The molecule has 0 amide bonds. The van der Waals surface area contributed by atoms with Gasteiger partial charge in [0.2, 0.25) is 0 Å². The average molecular weight is 259 g/mol. The van der Waals surface area contributed by atoms with E-state index in [2.05, 4.69) is 0 Å². The summed E-state index contributed by atoms with van der Waals surface area (Å²) in [5.41, 5.74) is 2.94. The molecule has 0 heterocycles. The van der Waals surface area contributed by atoms with E-state index in [1.165, 1.54) is 0 Å². The highest BCUT2D eigenvalue weighted by atomic mass is 35.5. The van der Waals surface area contributed by atoms with Crippen molar-refractivity contribution in [3.8, 4) is 0 Å². The molecule has 0 aromatic heterocycles. The Labute approximate surface area is 112 Å². The lowest BCUT2D eigenvalue weighted by Gasteiger charge is -2.04. The van der Waals surface area contributed by atoms with Gasteiger partial charge < -0.3 is 0 Å². The van der Waals surface area contributed by atoms with Gasteiger partial charge in [0.05, 0.1) is 0 Å². The maximum absolute atomic E-state index is 11.9. The Hall–Kier alpha value is -1.60. The van der Waals surface area contributed by atoms with Gasteiger partial charge in [0.25, 0.3) is 0 Å². The normalized spacial score (nSPS) is 10.3. The third-order valence-corrected chi connectivity index (χ3v) is 3.38. The Bertz CT molecular complexity index is 546. The summed E-state index contributed by atoms with van der Waals surface area (Å²) in [6, 6.07) is 15.3. The van der Waals surface area contributed by atoms with Gasteiger partial charge in [-0.1, -0.05) is 54.1 Å². The van der Waals surface area contributed by atoms with Crippen molar-refractivity contribution in [2.75, 3.05) is 0 Å². The van der Waals surface area contributed by atoms with E-state index in [4.69, 9.17) is 11.6 Å². The van der Waals surface area contributed by atoms with Gasteiger partial charge in [0.15, 0.2) is 5.78 Å². The second-order valence-electron chi connectivity index (χ2n) is 4.37. The van der Waals surface area contributed by atoms with Crippen molar-refractivity contribution in [2.45, 2.75) is 19.8 Å². The summed E-state index contributed by atoms with van der Waals surface area (Å²) in [6.45, 7) is 1.97. The van der Waals surface area contributed by atoms with E-state index in [1.54, 1.807) is 0 Å². The van der Waals surface area contributed by atoms with Gasteiger partial charge in [-0.05, 0) is 30.5 Å². The van der Waals surface area contributed by atoms with Gasteiger partial charge in [-0.25, -0.2) is 0 Å². The first-order valence-electron chi connectivity index (χ1n) is 6.00. The summed E-state index contributed by atoms with van der Waals surface area (Å²) in [7, 11) is 0. The smallest absolute Gasteiger partial charge is 0.163 e. The number of carbonyl (C=O) groups excluding carboxylic acids is 1. The molecule has 0 spiro atoms. The molecule has 0 aliphatic carbocycles. The van der Waals surface area contributed by atoms with E-state index in [9.17, 15) is 4.79 Å². The molecule has 0 saturated carbocycles. The number of rotatable bonds is 4. The number of hydrogen-bond acceptors (Lipinski definition) is 1. The van der Waals surface area contributed by atoms with Gasteiger partial charge >= 0.3 is 0 Å². The number of Topliss-reactive ketones (excluding diaryl/α,β-unsaturated/α-hetero) is 1. The average Bonchev–Trinajstić information content (AvgIpc) is 2.41. The summed E-state index contributed by atoms with van der Waals surface area (Å²) in [5, 5.41) is 0.764. The van der Waals surface area contributed by atoms with Crippen LogP contribution in [0.4, 0.5) is 0 Å². The van der Waals surface area contributed by atoms with E-state index in [0.29, 0.717) is 6.42 Å². The summed E-state index contributed by atoms with van der Waals surface area (Å²) in [5.74, 6) is 0.173. The van der Waals surface area contributed by atoms with Crippen LogP contribution >= 0.6 is 11.6 Å². The minimum atomic E-state index is 0.173. The van der Waals surface area contributed by atoms with Crippen LogP contribution in [0.2, 0.25) is 5.02 Å². The zero-order chi connectivity index (χ0) is 13.0. The van der Waals surface area contributed by atoms with Gasteiger partial charge in [-0.15, -0.1) is 0 Å². The molecule has 0 saturated heterocycles. The fraction of sp³-hybridized carbons (Fsp3) is 0.188. The number of benzene rings is 2. The molecule has 2 aromatic rings. The molecule has 0 unspecified atom stereocenters. The molecule has 2 aromatic carbocycles. The van der Waals surface area contributed by atoms with Crippen LogP contribution in [0.15, 0.2) is 48.5 Å². The first-order valence-corrected chi connectivity index (χ1v) is 6.38. The van der Waals surface area contributed by atoms with Crippen LogP contribution < -0.4 is 0 Å². The summed E-state index contributed by atoms with van der Waals surface area (Å²) < 4.78 is 0. The number of ketones is 1. The molecule has 18 heavy (non-hydrogen) atoms. The fourth-order valence-electron chi connectivity index (χ4n) is 1.82. The number of halogens is 1. The van der Waals surface area contributed by atoms with Crippen LogP contribution in [0.1, 0.15) is 27.9 Å². The molecule has 2 heteroatoms. The molecule has 0 atom stereocenters. The van der Waals surface area contributed by atoms with Gasteiger partial charge in [-0.3, -0.25) is 4.79 Å². The topological polar surface area (TPSA) is 17.1 Å². The van der Waals surface area contributed by atoms with Crippen molar-refractivity contribution in [2.24, 2.45) is 0 Å². The molecule has 0 aliphatic heterocycles. The van der Waals surface area contributed by atoms with Crippen molar-refractivity contribution in [1.29, 1.82) is 0 Å². The Kier molecular flexibility index (Phi) is 4.16. The standard InChI is InChI=1S/C16H15ClO/c1-12-7-8-13(11-15(12)17)9-10-16(18)14-5-3-2-4-6-14/h2-8,11H,9-10H2,1H3.